The Bertz CT molecular complexity index is 1070. The monoisotopic (exact) mass is 467 g/mol. The van der Waals surface area contributed by atoms with Crippen LogP contribution in [-0.4, -0.2) is 36.5 Å². The average molecular weight is 467 g/mol. The van der Waals surface area contributed by atoms with Gasteiger partial charge in [0, 0.05) is 11.1 Å². The fourth-order valence-corrected chi connectivity index (χ4v) is 3.56. The van der Waals surface area contributed by atoms with Crippen molar-refractivity contribution in [2.45, 2.75) is 38.2 Å². The van der Waals surface area contributed by atoms with Crippen LogP contribution in [0, 0.1) is 10.1 Å². The number of methoxy groups -OCH3 is 1. The third-order valence-electron chi connectivity index (χ3n) is 5.18. The number of halogens is 2. The number of benzene rings is 2. The number of phenols is 1. The van der Waals surface area contributed by atoms with Crippen LogP contribution < -0.4 is 9.47 Å². The summed E-state index contributed by atoms with van der Waals surface area (Å²) in [5.41, 5.74) is -0.190. The van der Waals surface area contributed by atoms with E-state index < -0.39 is 33.9 Å². The highest BCUT2D eigenvalue weighted by Crippen LogP contribution is 2.51. The Morgan fingerprint density at radius 2 is 1.91 bits per heavy atom. The van der Waals surface area contributed by atoms with Crippen molar-refractivity contribution in [3.63, 3.8) is 0 Å². The van der Waals surface area contributed by atoms with Crippen molar-refractivity contribution in [2.24, 2.45) is 0 Å². The fourth-order valence-electron chi connectivity index (χ4n) is 3.56. The van der Waals surface area contributed by atoms with E-state index in [1.54, 1.807) is 32.0 Å². The van der Waals surface area contributed by atoms with E-state index in [4.69, 9.17) is 9.47 Å². The molecule has 1 heterocycles. The van der Waals surface area contributed by atoms with Gasteiger partial charge < -0.3 is 24.2 Å². The van der Waals surface area contributed by atoms with Crippen LogP contribution >= 0.6 is 0 Å². The predicted molar refractivity (Wildman–Crippen MR) is 111 cm³/mol. The lowest BCUT2D eigenvalue weighted by Gasteiger charge is -2.35. The molecule has 11 heteroatoms. The summed E-state index contributed by atoms with van der Waals surface area (Å²) in [5, 5.41) is 19.7. The first kappa shape index (κ1) is 24.0. The number of esters is 1. The van der Waals surface area contributed by atoms with Gasteiger partial charge in [-0.3, -0.25) is 0 Å². The van der Waals surface area contributed by atoms with E-state index in [2.05, 4.69) is 9.57 Å². The van der Waals surface area contributed by atoms with Crippen LogP contribution in [0.25, 0.3) is 11.1 Å². The second-order valence-corrected chi connectivity index (χ2v) is 7.87. The van der Waals surface area contributed by atoms with Gasteiger partial charge >= 0.3 is 11.9 Å². The predicted octanol–water partition coefficient (Wildman–Crippen LogP) is 4.32. The molecular weight excluding hydrogens is 444 g/mol. The molecule has 0 amide bonds. The Morgan fingerprint density at radius 3 is 2.58 bits per heavy atom. The highest BCUT2D eigenvalue weighted by Gasteiger charge is 2.45. The van der Waals surface area contributed by atoms with Crippen molar-refractivity contribution in [1.82, 2.24) is 0 Å². The van der Waals surface area contributed by atoms with E-state index in [0.29, 0.717) is 11.3 Å². The molecule has 0 aromatic heterocycles. The number of hydrogen-bond donors (Lipinski definition) is 1. The van der Waals surface area contributed by atoms with Crippen LogP contribution in [0.4, 0.5) is 8.78 Å². The second-order valence-electron chi connectivity index (χ2n) is 7.87. The first-order chi connectivity index (χ1) is 15.5. The zero-order valence-electron chi connectivity index (χ0n) is 18.2. The Kier molecular flexibility index (Phi) is 6.61. The van der Waals surface area contributed by atoms with Gasteiger partial charge in [-0.15, -0.1) is 10.1 Å². The van der Waals surface area contributed by atoms with Crippen LogP contribution in [-0.2, 0) is 25.9 Å². The van der Waals surface area contributed by atoms with E-state index in [0.717, 1.165) is 17.7 Å². The molecule has 3 rings (SSSR count). The molecule has 0 fully saturated rings. The molecular formula is C22H23F2NO8. The van der Waals surface area contributed by atoms with Crippen molar-refractivity contribution in [2.75, 3.05) is 20.3 Å². The summed E-state index contributed by atoms with van der Waals surface area (Å²) < 4.78 is 45.4. The van der Waals surface area contributed by atoms with E-state index in [1.807, 2.05) is 0 Å². The lowest BCUT2D eigenvalue weighted by molar-refractivity contribution is -0.757. The summed E-state index contributed by atoms with van der Waals surface area (Å²) in [5.74, 6) is -5.86. The maximum Gasteiger partial charge on any atom is 0.381 e. The van der Waals surface area contributed by atoms with Gasteiger partial charge in [0.2, 0.25) is 0 Å². The van der Waals surface area contributed by atoms with Crippen LogP contribution in [0.3, 0.4) is 0 Å². The Hall–Kier alpha value is -3.63. The number of ether oxygens (including phenoxy) is 3. The number of fused-ring (bicyclic) bond motifs is 3. The summed E-state index contributed by atoms with van der Waals surface area (Å²) in [6.07, 6.45) is 0.242. The standard InChI is InChI=1S/C22H23F2NO8/c1-21(2)16-7-6-14(30-3)12-15(16)19-17(26)10-13(11-18(19)33-21)22(23,24)20(27)31-8-4-5-9-32-25(28)29/h6-7,10-12,26H,4-5,8-9H2,1-3H3. The van der Waals surface area contributed by atoms with Gasteiger partial charge in [-0.1, -0.05) is 6.07 Å². The maximum atomic E-state index is 14.8. The average Bonchev–Trinajstić information content (AvgIpc) is 2.74. The first-order valence-corrected chi connectivity index (χ1v) is 10.0. The molecule has 0 radical (unpaired) electrons. The number of carbonyl (C=O) groups is 1. The van der Waals surface area contributed by atoms with Gasteiger partial charge in [-0.05, 0) is 56.5 Å². The summed E-state index contributed by atoms with van der Waals surface area (Å²) in [7, 11) is 1.48. The second kappa shape index (κ2) is 9.08. The lowest BCUT2D eigenvalue weighted by atomic mass is 9.85. The van der Waals surface area contributed by atoms with Crippen LogP contribution in [0.5, 0.6) is 17.2 Å². The molecule has 1 N–H and O–H groups in total. The van der Waals surface area contributed by atoms with Crippen molar-refractivity contribution < 1.29 is 42.8 Å². The third-order valence-corrected chi connectivity index (χ3v) is 5.18. The van der Waals surface area contributed by atoms with Crippen molar-refractivity contribution in [1.29, 1.82) is 0 Å². The zero-order valence-corrected chi connectivity index (χ0v) is 18.2. The highest BCUT2D eigenvalue weighted by molar-refractivity contribution is 5.85. The van der Waals surface area contributed by atoms with E-state index >= 15 is 0 Å². The number of rotatable bonds is 9. The minimum atomic E-state index is -4.06. The van der Waals surface area contributed by atoms with Crippen LogP contribution in [0.15, 0.2) is 30.3 Å². The number of carbonyl (C=O) groups excluding carboxylic acids is 1. The fraction of sp³-hybridized carbons (Fsp3) is 0.409. The number of phenolic OH excluding ortho intramolecular Hbond substituents is 1. The first-order valence-electron chi connectivity index (χ1n) is 10.0. The molecule has 0 atom stereocenters. The maximum absolute atomic E-state index is 14.8. The number of unbranched alkanes of at least 4 members (excludes halogenated alkanes) is 1. The largest absolute Gasteiger partial charge is 0.507 e. The molecule has 2 aromatic carbocycles. The quantitative estimate of drug-likeness (QED) is 0.251. The van der Waals surface area contributed by atoms with Gasteiger partial charge in [0.1, 0.15) is 22.8 Å². The van der Waals surface area contributed by atoms with Crippen LogP contribution in [0.1, 0.15) is 37.8 Å². The molecule has 0 saturated carbocycles. The molecule has 1 aliphatic rings. The molecule has 0 unspecified atom stereocenters. The SMILES string of the molecule is COc1ccc2c(c1)-c1c(O)cc(C(F)(F)C(=O)OCCCCO[N+](=O)[O-])cc1OC2(C)C. The molecule has 1 aliphatic heterocycles. The number of aromatic hydroxyl groups is 1. The van der Waals surface area contributed by atoms with Gasteiger partial charge in [-0.25, -0.2) is 4.79 Å². The molecule has 178 valence electrons. The summed E-state index contributed by atoms with van der Waals surface area (Å²) >= 11 is 0. The molecule has 0 spiro atoms. The zero-order chi connectivity index (χ0) is 24.4. The molecule has 33 heavy (non-hydrogen) atoms. The number of alkyl halides is 2. The normalized spacial score (nSPS) is 13.8. The number of hydrogen-bond acceptors (Lipinski definition) is 8. The Labute approximate surface area is 187 Å². The van der Waals surface area contributed by atoms with E-state index in [9.17, 15) is 28.8 Å². The van der Waals surface area contributed by atoms with Gasteiger partial charge in [0.05, 0.1) is 25.9 Å². The molecule has 0 bridgehead atoms. The minimum Gasteiger partial charge on any atom is -0.507 e. The summed E-state index contributed by atoms with van der Waals surface area (Å²) in [6, 6.07) is 6.98. The van der Waals surface area contributed by atoms with E-state index in [-0.39, 0.29) is 37.4 Å². The summed E-state index contributed by atoms with van der Waals surface area (Å²) in [4.78, 5) is 26.2. The molecule has 0 saturated heterocycles. The topological polar surface area (TPSA) is 117 Å². The summed E-state index contributed by atoms with van der Waals surface area (Å²) in [6.45, 7) is 2.89. The molecule has 0 aliphatic carbocycles. The van der Waals surface area contributed by atoms with Gasteiger partial charge in [0.15, 0.2) is 0 Å². The Balaban J connectivity index is 1.84. The molecule has 2 aromatic rings. The minimum absolute atomic E-state index is 0.0137. The third kappa shape index (κ3) is 4.91. The molecule has 9 nitrogen and oxygen atoms in total. The van der Waals surface area contributed by atoms with E-state index in [1.165, 1.54) is 7.11 Å². The highest BCUT2D eigenvalue weighted by atomic mass is 19.3. The van der Waals surface area contributed by atoms with Crippen molar-refractivity contribution in [3.8, 4) is 28.4 Å². The van der Waals surface area contributed by atoms with Gasteiger partial charge in [-0.2, -0.15) is 8.78 Å². The van der Waals surface area contributed by atoms with Crippen molar-refractivity contribution >= 4 is 5.97 Å². The smallest absolute Gasteiger partial charge is 0.381 e. The van der Waals surface area contributed by atoms with Crippen LogP contribution in [0.2, 0.25) is 0 Å². The van der Waals surface area contributed by atoms with Crippen molar-refractivity contribution in [3.05, 3.63) is 51.6 Å². The van der Waals surface area contributed by atoms with Gasteiger partial charge in [0.25, 0.3) is 5.09 Å². The number of nitrogens with zero attached hydrogens (tertiary/aromatic N) is 1. The lowest BCUT2D eigenvalue weighted by Crippen LogP contribution is -2.31. The Morgan fingerprint density at radius 1 is 1.21 bits per heavy atom.